The average molecular weight is 438 g/mol. The summed E-state index contributed by atoms with van der Waals surface area (Å²) in [5.41, 5.74) is 9.51. The molecular formula is C24H26N2O6. The van der Waals surface area contributed by atoms with Gasteiger partial charge in [-0.25, -0.2) is 0 Å². The van der Waals surface area contributed by atoms with E-state index in [1.807, 2.05) is 41.8 Å². The van der Waals surface area contributed by atoms with E-state index >= 15 is 0 Å². The van der Waals surface area contributed by atoms with Crippen LogP contribution >= 0.6 is 0 Å². The Kier molecular flexibility index (Phi) is 5.85. The van der Waals surface area contributed by atoms with Crippen LogP contribution in [0.25, 0.3) is 11.3 Å². The Morgan fingerprint density at radius 2 is 1.62 bits per heavy atom. The van der Waals surface area contributed by atoms with Gasteiger partial charge < -0.3 is 34.0 Å². The van der Waals surface area contributed by atoms with Crippen molar-refractivity contribution in [2.75, 3.05) is 34.5 Å². The fraction of sp³-hybridized carbons (Fsp3) is 0.292. The van der Waals surface area contributed by atoms with Crippen LogP contribution in [0.15, 0.2) is 36.4 Å². The smallest absolute Gasteiger partial charge is 0.250 e. The van der Waals surface area contributed by atoms with Crippen molar-refractivity contribution in [3.63, 3.8) is 0 Å². The molecule has 4 rings (SSSR count). The van der Waals surface area contributed by atoms with E-state index in [0.717, 1.165) is 22.5 Å². The lowest BCUT2D eigenvalue weighted by molar-refractivity contribution is 0.0999. The van der Waals surface area contributed by atoms with Crippen molar-refractivity contribution in [1.82, 2.24) is 4.57 Å². The van der Waals surface area contributed by atoms with Gasteiger partial charge in [-0.2, -0.15) is 0 Å². The van der Waals surface area contributed by atoms with E-state index in [1.54, 1.807) is 27.4 Å². The Morgan fingerprint density at radius 1 is 0.969 bits per heavy atom. The number of carbonyl (C=O) groups excluding carboxylic acids is 1. The minimum atomic E-state index is -0.482. The Bertz CT molecular complexity index is 1140. The van der Waals surface area contributed by atoms with Crippen LogP contribution in [0.3, 0.4) is 0 Å². The highest BCUT2D eigenvalue weighted by molar-refractivity contribution is 5.95. The van der Waals surface area contributed by atoms with Gasteiger partial charge in [-0.1, -0.05) is 0 Å². The molecule has 32 heavy (non-hydrogen) atoms. The average Bonchev–Trinajstić information content (AvgIpc) is 3.14. The van der Waals surface area contributed by atoms with Crippen molar-refractivity contribution < 1.29 is 28.5 Å². The van der Waals surface area contributed by atoms with Crippen LogP contribution in [0, 0.1) is 6.92 Å². The molecule has 0 fully saturated rings. The summed E-state index contributed by atoms with van der Waals surface area (Å²) in [6, 6.07) is 11.3. The van der Waals surface area contributed by atoms with Crippen molar-refractivity contribution >= 4 is 5.91 Å². The summed E-state index contributed by atoms with van der Waals surface area (Å²) in [5, 5.41) is 0. The number of fused-ring (bicyclic) bond motifs is 1. The molecule has 3 aromatic rings. The molecule has 1 amide bonds. The van der Waals surface area contributed by atoms with Crippen LogP contribution in [-0.4, -0.2) is 45.0 Å². The molecule has 1 aliphatic heterocycles. The Morgan fingerprint density at radius 3 is 2.22 bits per heavy atom. The fourth-order valence-electron chi connectivity index (χ4n) is 3.95. The molecular weight excluding hydrogens is 412 g/mol. The zero-order valence-electron chi connectivity index (χ0n) is 18.6. The van der Waals surface area contributed by atoms with Crippen LogP contribution < -0.4 is 29.4 Å². The minimum Gasteiger partial charge on any atom is -0.493 e. The van der Waals surface area contributed by atoms with Gasteiger partial charge in [-0.15, -0.1) is 0 Å². The predicted molar refractivity (Wildman–Crippen MR) is 119 cm³/mol. The number of carbonyl (C=O) groups is 1. The second kappa shape index (κ2) is 8.74. The predicted octanol–water partition coefficient (Wildman–Crippen LogP) is 3.41. The maximum atomic E-state index is 12.1. The molecule has 0 bridgehead atoms. The molecule has 8 heteroatoms. The van der Waals surface area contributed by atoms with Crippen molar-refractivity contribution in [2.24, 2.45) is 5.73 Å². The van der Waals surface area contributed by atoms with Crippen LogP contribution in [0.2, 0.25) is 0 Å². The highest BCUT2D eigenvalue weighted by Crippen LogP contribution is 2.40. The molecule has 0 spiro atoms. The molecule has 0 saturated carbocycles. The molecule has 8 nitrogen and oxygen atoms in total. The van der Waals surface area contributed by atoms with Gasteiger partial charge in [-0.3, -0.25) is 4.79 Å². The van der Waals surface area contributed by atoms with Gasteiger partial charge in [0.2, 0.25) is 5.75 Å². The van der Waals surface area contributed by atoms with E-state index in [-0.39, 0.29) is 0 Å². The largest absolute Gasteiger partial charge is 0.493 e. The lowest BCUT2D eigenvalue weighted by Crippen LogP contribution is -2.15. The van der Waals surface area contributed by atoms with Crippen molar-refractivity contribution in [3.8, 4) is 40.0 Å². The topological polar surface area (TPSA) is 94.2 Å². The molecule has 0 saturated heterocycles. The number of nitrogens with two attached hydrogens (primary N) is 1. The molecule has 1 aromatic heterocycles. The van der Waals surface area contributed by atoms with E-state index in [9.17, 15) is 4.79 Å². The summed E-state index contributed by atoms with van der Waals surface area (Å²) < 4.78 is 29.8. The number of rotatable bonds is 7. The summed E-state index contributed by atoms with van der Waals surface area (Å²) in [5.74, 6) is 2.53. The molecule has 0 unspecified atom stereocenters. The maximum absolute atomic E-state index is 12.1. The third-order valence-corrected chi connectivity index (χ3v) is 5.54. The first kappa shape index (κ1) is 21.4. The molecule has 0 aliphatic carbocycles. The molecule has 1 aliphatic rings. The number of ether oxygens (including phenoxy) is 5. The first-order valence-electron chi connectivity index (χ1n) is 10.2. The molecule has 2 aromatic carbocycles. The monoisotopic (exact) mass is 438 g/mol. The highest BCUT2D eigenvalue weighted by atomic mass is 16.6. The van der Waals surface area contributed by atoms with E-state index in [0.29, 0.717) is 54.1 Å². The zero-order valence-corrected chi connectivity index (χ0v) is 18.6. The second-order valence-electron chi connectivity index (χ2n) is 7.37. The molecule has 2 heterocycles. The summed E-state index contributed by atoms with van der Waals surface area (Å²) in [6.45, 7) is 3.35. The van der Waals surface area contributed by atoms with E-state index in [4.69, 9.17) is 29.4 Å². The van der Waals surface area contributed by atoms with Crippen LogP contribution in [0.5, 0.6) is 28.7 Å². The minimum absolute atomic E-state index is 0.458. The summed E-state index contributed by atoms with van der Waals surface area (Å²) in [6.07, 6.45) is 0. The number of methoxy groups -OCH3 is 3. The van der Waals surface area contributed by atoms with Crippen LogP contribution in [0.4, 0.5) is 0 Å². The number of hydrogen-bond acceptors (Lipinski definition) is 6. The first-order chi connectivity index (χ1) is 15.5. The SMILES string of the molecule is COc1cc(Cn2c(-c3ccc4c(c3)OCCO4)cc(C(N)=O)c2C)cc(OC)c1OC. The van der Waals surface area contributed by atoms with Gasteiger partial charge in [-0.05, 0) is 48.9 Å². The Labute approximate surface area is 186 Å². The molecule has 168 valence electrons. The summed E-state index contributed by atoms with van der Waals surface area (Å²) in [4.78, 5) is 12.1. The molecule has 0 atom stereocenters. The Balaban J connectivity index is 1.82. The number of amides is 1. The lowest BCUT2D eigenvalue weighted by Gasteiger charge is -2.20. The number of aromatic nitrogens is 1. The van der Waals surface area contributed by atoms with Gasteiger partial charge >= 0.3 is 0 Å². The normalized spacial score (nSPS) is 12.4. The quantitative estimate of drug-likeness (QED) is 0.608. The highest BCUT2D eigenvalue weighted by Gasteiger charge is 2.21. The van der Waals surface area contributed by atoms with Crippen LogP contribution in [0.1, 0.15) is 21.6 Å². The van der Waals surface area contributed by atoms with Gasteiger partial charge in [0.05, 0.1) is 26.9 Å². The van der Waals surface area contributed by atoms with E-state index in [2.05, 4.69) is 0 Å². The van der Waals surface area contributed by atoms with Gasteiger partial charge in [0.25, 0.3) is 5.91 Å². The van der Waals surface area contributed by atoms with Gasteiger partial charge in [0.1, 0.15) is 13.2 Å². The zero-order chi connectivity index (χ0) is 22.8. The number of primary amides is 1. The van der Waals surface area contributed by atoms with Crippen molar-refractivity contribution in [3.05, 3.63) is 53.2 Å². The Hall–Kier alpha value is -3.81. The summed E-state index contributed by atoms with van der Waals surface area (Å²) >= 11 is 0. The lowest BCUT2D eigenvalue weighted by atomic mass is 10.1. The van der Waals surface area contributed by atoms with Gasteiger partial charge in [0.15, 0.2) is 23.0 Å². The standard InChI is InChI=1S/C24H26N2O6/c1-14-17(24(25)27)12-18(16-5-6-19-20(11-16)32-8-7-31-19)26(14)13-15-9-21(28-2)23(30-4)22(10-15)29-3/h5-6,9-12H,7-8,13H2,1-4H3,(H2,25,27). The van der Waals surface area contributed by atoms with E-state index < -0.39 is 5.91 Å². The third-order valence-electron chi connectivity index (χ3n) is 5.54. The van der Waals surface area contributed by atoms with Crippen LogP contribution in [-0.2, 0) is 6.54 Å². The third kappa shape index (κ3) is 3.79. The molecule has 2 N–H and O–H groups in total. The molecule has 0 radical (unpaired) electrons. The number of hydrogen-bond donors (Lipinski definition) is 1. The fourth-order valence-corrected chi connectivity index (χ4v) is 3.95. The maximum Gasteiger partial charge on any atom is 0.250 e. The van der Waals surface area contributed by atoms with E-state index in [1.165, 1.54) is 0 Å². The number of benzene rings is 2. The second-order valence-corrected chi connectivity index (χ2v) is 7.37. The van der Waals surface area contributed by atoms with Crippen molar-refractivity contribution in [2.45, 2.75) is 13.5 Å². The van der Waals surface area contributed by atoms with Crippen molar-refractivity contribution in [1.29, 1.82) is 0 Å². The summed E-state index contributed by atoms with van der Waals surface area (Å²) in [7, 11) is 4.72. The first-order valence-corrected chi connectivity index (χ1v) is 10.2. The number of nitrogens with zero attached hydrogens (tertiary/aromatic N) is 1. The van der Waals surface area contributed by atoms with Gasteiger partial charge in [0, 0.05) is 23.5 Å².